The van der Waals surface area contributed by atoms with Crippen LogP contribution in [0.5, 0.6) is 0 Å². The number of aryl methyl sites for hydroxylation is 1. The van der Waals surface area contributed by atoms with E-state index in [1.54, 1.807) is 6.92 Å². The summed E-state index contributed by atoms with van der Waals surface area (Å²) in [7, 11) is 0. The van der Waals surface area contributed by atoms with Crippen molar-refractivity contribution in [3.63, 3.8) is 0 Å². The van der Waals surface area contributed by atoms with Crippen molar-refractivity contribution >= 4 is 5.97 Å². The van der Waals surface area contributed by atoms with Gasteiger partial charge in [0.15, 0.2) is 11.5 Å². The number of carboxylic acid groups (broad SMARTS) is 1. The van der Waals surface area contributed by atoms with E-state index in [1.165, 1.54) is 6.20 Å². The Bertz CT molecular complexity index is 386. The number of aromatic nitrogens is 2. The molecule has 0 amide bonds. The first-order valence-corrected chi connectivity index (χ1v) is 4.87. The van der Waals surface area contributed by atoms with Gasteiger partial charge in [-0.3, -0.25) is 0 Å². The van der Waals surface area contributed by atoms with E-state index in [2.05, 4.69) is 9.97 Å². The Labute approximate surface area is 87.1 Å². The van der Waals surface area contributed by atoms with Gasteiger partial charge in [-0.1, -0.05) is 0 Å². The zero-order chi connectivity index (χ0) is 10.8. The molecule has 0 saturated carbocycles. The van der Waals surface area contributed by atoms with Crippen LogP contribution in [0.4, 0.5) is 0 Å². The summed E-state index contributed by atoms with van der Waals surface area (Å²) in [5.41, 5.74) is 0.639. The molecular formula is C10H12N2O3. The molecule has 5 nitrogen and oxygen atoms in total. The van der Waals surface area contributed by atoms with Gasteiger partial charge in [-0.15, -0.1) is 0 Å². The molecule has 2 heterocycles. The predicted molar refractivity (Wildman–Crippen MR) is 51.7 cm³/mol. The van der Waals surface area contributed by atoms with Gasteiger partial charge < -0.3 is 9.84 Å². The third-order valence-electron chi connectivity index (χ3n) is 2.41. The maximum absolute atomic E-state index is 10.9. The van der Waals surface area contributed by atoms with Gasteiger partial charge in [0.25, 0.3) is 0 Å². The average Bonchev–Trinajstić information content (AvgIpc) is 2.71. The molecule has 15 heavy (non-hydrogen) atoms. The molecule has 1 aliphatic rings. The second-order valence-corrected chi connectivity index (χ2v) is 3.57. The van der Waals surface area contributed by atoms with Crippen LogP contribution in [0.3, 0.4) is 0 Å². The van der Waals surface area contributed by atoms with Crippen LogP contribution in [0.1, 0.15) is 40.8 Å². The molecule has 0 radical (unpaired) electrons. The summed E-state index contributed by atoms with van der Waals surface area (Å²) in [4.78, 5) is 19.0. The van der Waals surface area contributed by atoms with E-state index in [0.717, 1.165) is 12.8 Å². The fourth-order valence-corrected chi connectivity index (χ4v) is 1.61. The van der Waals surface area contributed by atoms with Crippen molar-refractivity contribution in [3.05, 3.63) is 23.3 Å². The Morgan fingerprint density at radius 2 is 2.47 bits per heavy atom. The molecular weight excluding hydrogens is 196 g/mol. The van der Waals surface area contributed by atoms with Crippen LogP contribution in [0.25, 0.3) is 0 Å². The summed E-state index contributed by atoms with van der Waals surface area (Å²) >= 11 is 0. The molecule has 1 atom stereocenters. The molecule has 0 aromatic carbocycles. The Morgan fingerprint density at radius 1 is 1.67 bits per heavy atom. The number of ether oxygens (including phenoxy) is 1. The van der Waals surface area contributed by atoms with Gasteiger partial charge in [0, 0.05) is 18.4 Å². The normalized spacial score (nSPS) is 20.5. The minimum Gasteiger partial charge on any atom is -0.477 e. The lowest BCUT2D eigenvalue weighted by molar-refractivity contribution is 0.0685. The minimum absolute atomic E-state index is 0.0653. The zero-order valence-corrected chi connectivity index (χ0v) is 8.43. The van der Waals surface area contributed by atoms with Crippen molar-refractivity contribution in [1.82, 2.24) is 9.97 Å². The maximum Gasteiger partial charge on any atom is 0.354 e. The van der Waals surface area contributed by atoms with Crippen LogP contribution >= 0.6 is 0 Å². The number of aromatic carboxylic acids is 1. The lowest BCUT2D eigenvalue weighted by Gasteiger charge is -2.08. The van der Waals surface area contributed by atoms with Crippen molar-refractivity contribution in [2.24, 2.45) is 0 Å². The van der Waals surface area contributed by atoms with Gasteiger partial charge in [-0.25, -0.2) is 14.8 Å². The fourth-order valence-electron chi connectivity index (χ4n) is 1.61. The number of rotatable bonds is 2. The summed E-state index contributed by atoms with van der Waals surface area (Å²) in [6, 6.07) is 0. The highest BCUT2D eigenvalue weighted by atomic mass is 16.5. The summed E-state index contributed by atoms with van der Waals surface area (Å²) in [6.45, 7) is 2.38. The summed E-state index contributed by atoms with van der Waals surface area (Å²) in [5.74, 6) is -0.537. The largest absolute Gasteiger partial charge is 0.477 e. The zero-order valence-electron chi connectivity index (χ0n) is 8.43. The third kappa shape index (κ3) is 1.97. The molecule has 0 spiro atoms. The second-order valence-electron chi connectivity index (χ2n) is 3.57. The van der Waals surface area contributed by atoms with Gasteiger partial charge in [-0.2, -0.15) is 0 Å². The van der Waals surface area contributed by atoms with Gasteiger partial charge >= 0.3 is 5.97 Å². The molecule has 1 N–H and O–H groups in total. The van der Waals surface area contributed by atoms with E-state index in [4.69, 9.17) is 9.84 Å². The number of carbonyl (C=O) groups is 1. The summed E-state index contributed by atoms with van der Waals surface area (Å²) in [5, 5.41) is 8.90. The van der Waals surface area contributed by atoms with E-state index in [-0.39, 0.29) is 11.8 Å². The Balaban J connectivity index is 2.33. The number of carboxylic acids is 1. The number of hydrogen-bond donors (Lipinski definition) is 1. The topological polar surface area (TPSA) is 72.3 Å². The highest BCUT2D eigenvalue weighted by Crippen LogP contribution is 2.25. The molecule has 1 aromatic heterocycles. The van der Waals surface area contributed by atoms with E-state index < -0.39 is 5.97 Å². The lowest BCUT2D eigenvalue weighted by Crippen LogP contribution is -2.10. The molecule has 80 valence electrons. The van der Waals surface area contributed by atoms with Crippen LogP contribution in [0.15, 0.2) is 6.20 Å². The van der Waals surface area contributed by atoms with Crippen molar-refractivity contribution in [2.45, 2.75) is 25.9 Å². The van der Waals surface area contributed by atoms with E-state index in [9.17, 15) is 4.79 Å². The van der Waals surface area contributed by atoms with E-state index in [1.807, 2.05) is 0 Å². The first-order valence-electron chi connectivity index (χ1n) is 4.87. The second kappa shape index (κ2) is 3.94. The van der Waals surface area contributed by atoms with Crippen molar-refractivity contribution in [3.8, 4) is 0 Å². The standard InChI is InChI=1S/C10H12N2O3/c1-6-5-11-9(7-3-2-4-15-7)12-8(6)10(13)14/h5,7H,2-4H2,1H3,(H,13,14). The molecule has 1 unspecified atom stereocenters. The first-order chi connectivity index (χ1) is 7.18. The molecule has 1 fully saturated rings. The monoisotopic (exact) mass is 208 g/mol. The van der Waals surface area contributed by atoms with Gasteiger partial charge in [0.2, 0.25) is 0 Å². The molecule has 1 aromatic rings. The number of hydrogen-bond acceptors (Lipinski definition) is 4. The molecule has 2 rings (SSSR count). The fraction of sp³-hybridized carbons (Fsp3) is 0.500. The lowest BCUT2D eigenvalue weighted by atomic mass is 10.2. The van der Waals surface area contributed by atoms with E-state index >= 15 is 0 Å². The Kier molecular flexibility index (Phi) is 2.64. The van der Waals surface area contributed by atoms with Crippen LogP contribution in [0, 0.1) is 6.92 Å². The average molecular weight is 208 g/mol. The van der Waals surface area contributed by atoms with Crippen LogP contribution < -0.4 is 0 Å². The molecule has 1 aliphatic heterocycles. The van der Waals surface area contributed by atoms with Crippen molar-refractivity contribution < 1.29 is 14.6 Å². The van der Waals surface area contributed by atoms with Crippen LogP contribution in [-0.2, 0) is 4.74 Å². The molecule has 0 aliphatic carbocycles. The summed E-state index contributed by atoms with van der Waals surface area (Å²) < 4.78 is 5.40. The number of nitrogens with zero attached hydrogens (tertiary/aromatic N) is 2. The SMILES string of the molecule is Cc1cnc(C2CCCO2)nc1C(=O)O. The third-order valence-corrected chi connectivity index (χ3v) is 2.41. The van der Waals surface area contributed by atoms with Crippen molar-refractivity contribution in [2.75, 3.05) is 6.61 Å². The smallest absolute Gasteiger partial charge is 0.354 e. The summed E-state index contributed by atoms with van der Waals surface area (Å²) in [6.07, 6.45) is 3.24. The molecule has 5 heteroatoms. The maximum atomic E-state index is 10.9. The Hall–Kier alpha value is -1.49. The van der Waals surface area contributed by atoms with Crippen LogP contribution in [0.2, 0.25) is 0 Å². The first kappa shape index (κ1) is 10.0. The highest BCUT2D eigenvalue weighted by Gasteiger charge is 2.22. The van der Waals surface area contributed by atoms with E-state index in [0.29, 0.717) is 18.0 Å². The Morgan fingerprint density at radius 3 is 3.07 bits per heavy atom. The van der Waals surface area contributed by atoms with Gasteiger partial charge in [0.1, 0.15) is 6.10 Å². The van der Waals surface area contributed by atoms with Crippen molar-refractivity contribution in [1.29, 1.82) is 0 Å². The molecule has 0 bridgehead atoms. The highest BCUT2D eigenvalue weighted by molar-refractivity contribution is 5.86. The quantitative estimate of drug-likeness (QED) is 0.793. The van der Waals surface area contributed by atoms with Gasteiger partial charge in [0.05, 0.1) is 0 Å². The predicted octanol–water partition coefficient (Wildman–Crippen LogP) is 1.33. The van der Waals surface area contributed by atoms with Gasteiger partial charge in [-0.05, 0) is 19.8 Å². The minimum atomic E-state index is -1.02. The molecule has 1 saturated heterocycles. The van der Waals surface area contributed by atoms with Crippen LogP contribution in [-0.4, -0.2) is 27.7 Å².